The Labute approximate surface area is 289 Å². The summed E-state index contributed by atoms with van der Waals surface area (Å²) in [6, 6.07) is 19.7. The van der Waals surface area contributed by atoms with E-state index >= 15 is 0 Å². The van der Waals surface area contributed by atoms with Crippen LogP contribution in [-0.2, 0) is 26.2 Å². The number of hydrogen-bond acceptors (Lipinski definition) is 0. The largest absolute Gasteiger partial charge is 0.686 e. The molecule has 0 aliphatic heterocycles. The molecule has 0 N–H and O–H groups in total. The van der Waals surface area contributed by atoms with Gasteiger partial charge in [-0.3, -0.25) is 0 Å². The van der Waals surface area contributed by atoms with E-state index in [9.17, 15) is 0 Å². The third kappa shape index (κ3) is 11.2. The van der Waals surface area contributed by atoms with Crippen molar-refractivity contribution >= 4 is 11.4 Å². The van der Waals surface area contributed by atoms with Crippen LogP contribution >= 0.6 is 0 Å². The van der Waals surface area contributed by atoms with E-state index in [-0.39, 0.29) is 26.2 Å². The fourth-order valence-electron chi connectivity index (χ4n) is 5.07. The van der Waals surface area contributed by atoms with Gasteiger partial charge in [0.15, 0.2) is 0 Å². The number of nitrogens with zero attached hydrogens (tertiary/aromatic N) is 2. The third-order valence-electron chi connectivity index (χ3n) is 8.81. The molecule has 0 saturated heterocycles. The first-order valence-corrected chi connectivity index (χ1v) is 15.4. The molecule has 44 heavy (non-hydrogen) atoms. The van der Waals surface area contributed by atoms with Crippen molar-refractivity contribution in [2.24, 2.45) is 0 Å². The predicted octanol–water partition coefficient (Wildman–Crippen LogP) is 12.2. The average Bonchev–Trinajstić information content (AvgIpc) is 3.01. The first-order valence-electron chi connectivity index (χ1n) is 15.4. The van der Waals surface area contributed by atoms with Crippen LogP contribution in [0.2, 0.25) is 0 Å². The van der Waals surface area contributed by atoms with Gasteiger partial charge in [0.05, 0.1) is 0 Å². The molecule has 0 aliphatic carbocycles. The summed E-state index contributed by atoms with van der Waals surface area (Å²) in [5, 5.41) is 9.85. The van der Waals surface area contributed by atoms with Crippen LogP contribution in [0.1, 0.15) is 79.6 Å². The minimum absolute atomic E-state index is 0. The Kier molecular flexibility index (Phi) is 17.3. The Morgan fingerprint density at radius 1 is 0.432 bits per heavy atom. The molecule has 4 rings (SSSR count). The van der Waals surface area contributed by atoms with E-state index in [4.69, 9.17) is 10.6 Å². The van der Waals surface area contributed by atoms with Crippen LogP contribution in [0.5, 0.6) is 0 Å². The van der Waals surface area contributed by atoms with Gasteiger partial charge in [-0.25, -0.2) is 0 Å². The molecule has 0 saturated carbocycles. The van der Waals surface area contributed by atoms with Crippen LogP contribution < -0.4 is 0 Å². The molecule has 4 aromatic carbocycles. The minimum Gasteiger partial charge on any atom is -0.686 e. The summed E-state index contributed by atoms with van der Waals surface area (Å²) in [5.74, 6) is 0. The molecular weight excluding hydrogens is 612 g/mol. The van der Waals surface area contributed by atoms with Crippen LogP contribution in [0.3, 0.4) is 0 Å². The Hall–Kier alpha value is -2.90. The molecule has 0 fully saturated rings. The Balaban J connectivity index is 0.000000523. The van der Waals surface area contributed by atoms with Gasteiger partial charge in [0.2, 0.25) is 0 Å². The Morgan fingerprint density at radius 2 is 0.682 bits per heavy atom. The van der Waals surface area contributed by atoms with Crippen molar-refractivity contribution in [3.8, 4) is 0 Å². The van der Waals surface area contributed by atoms with Crippen molar-refractivity contribution in [2.45, 2.75) is 82.1 Å². The minimum atomic E-state index is 0. The molecular formula is C41H53N2Zr-5. The number of benzene rings is 4. The summed E-state index contributed by atoms with van der Waals surface area (Å²) in [7, 11) is 0. The summed E-state index contributed by atoms with van der Waals surface area (Å²) >= 11 is 0. The van der Waals surface area contributed by atoms with Crippen molar-refractivity contribution in [1.82, 2.24) is 0 Å². The van der Waals surface area contributed by atoms with E-state index in [1.807, 2.05) is 60.7 Å². The van der Waals surface area contributed by atoms with E-state index in [1.54, 1.807) is 0 Å². The summed E-state index contributed by atoms with van der Waals surface area (Å²) in [6.45, 7) is 31.2. The van der Waals surface area contributed by atoms with Crippen LogP contribution in [-0.4, -0.2) is 13.1 Å². The van der Waals surface area contributed by atoms with E-state index < -0.39 is 0 Å². The maximum absolute atomic E-state index is 4.92. The fraction of sp³-hybridized carbons (Fsp3) is 0.341. The third-order valence-corrected chi connectivity index (χ3v) is 8.81. The zero-order valence-electron chi connectivity index (χ0n) is 29.0. The molecule has 0 heterocycles. The number of rotatable bonds is 8. The standard InChI is InChI=1S/C27H39N2.2C7H7.Zr/c1-16-18(3)22(7)26(23(8)19(16)4)28-14-12-11-13-15-29-27-24(9)20(5)17(2)21(6)25(27)10;2*1-7-5-3-2-4-6-7;/h11H,12-15H2,1-10H3;2*2-6H,1H2;/q-3;2*-1;. The molecule has 0 aliphatic rings. The maximum atomic E-state index is 4.92. The quantitative estimate of drug-likeness (QED) is 0.132. The van der Waals surface area contributed by atoms with Crippen molar-refractivity contribution in [3.05, 3.63) is 158 Å². The second-order valence-electron chi connectivity index (χ2n) is 11.5. The van der Waals surface area contributed by atoms with Crippen molar-refractivity contribution < 1.29 is 26.2 Å². The maximum Gasteiger partial charge on any atom is 0 e. The fourth-order valence-corrected chi connectivity index (χ4v) is 5.07. The molecule has 3 heteroatoms. The first kappa shape index (κ1) is 39.1. The van der Waals surface area contributed by atoms with E-state index in [0.717, 1.165) is 37.1 Å². The smallest absolute Gasteiger partial charge is 0 e. The van der Waals surface area contributed by atoms with Crippen molar-refractivity contribution in [1.29, 1.82) is 0 Å². The first-order chi connectivity index (χ1) is 20.4. The molecule has 0 spiro atoms. The Morgan fingerprint density at radius 3 is 0.909 bits per heavy atom. The van der Waals surface area contributed by atoms with Gasteiger partial charge in [0.25, 0.3) is 0 Å². The van der Waals surface area contributed by atoms with Gasteiger partial charge in [0.1, 0.15) is 0 Å². The second-order valence-corrected chi connectivity index (χ2v) is 11.5. The van der Waals surface area contributed by atoms with Gasteiger partial charge in [-0.15, -0.1) is 35.6 Å². The van der Waals surface area contributed by atoms with Crippen LogP contribution in [0.15, 0.2) is 60.7 Å². The monoisotopic (exact) mass is 663 g/mol. The molecule has 0 radical (unpaired) electrons. The summed E-state index contributed by atoms with van der Waals surface area (Å²) < 4.78 is 0. The van der Waals surface area contributed by atoms with Crippen LogP contribution in [0.4, 0.5) is 11.4 Å². The van der Waals surface area contributed by atoms with Gasteiger partial charge in [0, 0.05) is 26.2 Å². The van der Waals surface area contributed by atoms with Crippen LogP contribution in [0.25, 0.3) is 10.6 Å². The molecule has 4 aromatic rings. The predicted molar refractivity (Wildman–Crippen MR) is 191 cm³/mol. The second kappa shape index (κ2) is 19.5. The molecule has 0 amide bonds. The van der Waals surface area contributed by atoms with Gasteiger partial charge in [-0.05, 0) is 103 Å². The molecule has 0 aromatic heterocycles. The van der Waals surface area contributed by atoms with Gasteiger partial charge >= 0.3 is 0 Å². The molecule has 0 unspecified atom stereocenters. The van der Waals surface area contributed by atoms with E-state index in [0.29, 0.717) is 0 Å². The topological polar surface area (TPSA) is 28.2 Å². The number of unbranched alkanes of at least 4 members (excludes halogenated alkanes) is 2. The summed E-state index contributed by atoms with van der Waals surface area (Å²) in [6.07, 6.45) is 4.35. The zero-order chi connectivity index (χ0) is 32.1. The summed E-state index contributed by atoms with van der Waals surface area (Å²) in [4.78, 5) is 0. The van der Waals surface area contributed by atoms with Crippen molar-refractivity contribution in [2.75, 3.05) is 13.1 Å². The van der Waals surface area contributed by atoms with E-state index in [2.05, 4.69) is 89.5 Å². The summed E-state index contributed by atoms with van der Waals surface area (Å²) in [5.41, 5.74) is 18.2. The van der Waals surface area contributed by atoms with Crippen molar-refractivity contribution in [3.63, 3.8) is 0 Å². The normalized spacial score (nSPS) is 10.0. The van der Waals surface area contributed by atoms with Gasteiger partial charge in [-0.1, -0.05) is 34.4 Å². The van der Waals surface area contributed by atoms with E-state index in [1.165, 1.54) is 67.0 Å². The Bertz CT molecular complexity index is 1270. The molecule has 0 atom stereocenters. The average molecular weight is 665 g/mol. The zero-order valence-corrected chi connectivity index (χ0v) is 31.4. The molecule has 0 bridgehead atoms. The van der Waals surface area contributed by atoms with Gasteiger partial charge < -0.3 is 17.1 Å². The SMILES string of the molecule is Cc1c(C)c(C)c([N-]CC[CH-]CC[N-]c2c(C)c(C)c(C)c(C)c2C)c(C)c1C.[CH2-]c1ccccc1.[CH2-]c1ccccc1.[Zr]. The van der Waals surface area contributed by atoms with Crippen LogP contribution in [0, 0.1) is 89.5 Å². The molecule has 2 nitrogen and oxygen atoms in total. The molecule has 236 valence electrons. The number of hydrogen-bond donors (Lipinski definition) is 0. The van der Waals surface area contributed by atoms with Gasteiger partial charge in [-0.2, -0.15) is 75.2 Å².